The summed E-state index contributed by atoms with van der Waals surface area (Å²) in [6.07, 6.45) is 3.28. The van der Waals surface area contributed by atoms with Crippen molar-refractivity contribution in [2.75, 3.05) is 5.73 Å². The number of nitrogens with two attached hydrogens (primary N) is 2. The Kier molecular flexibility index (Phi) is 4.04. The zero-order valence-electron chi connectivity index (χ0n) is 9.40. The van der Waals surface area contributed by atoms with Gasteiger partial charge in [0.15, 0.2) is 0 Å². The summed E-state index contributed by atoms with van der Waals surface area (Å²) in [5.41, 5.74) is 10.8. The summed E-state index contributed by atoms with van der Waals surface area (Å²) >= 11 is 12.0. The number of nitrogens with one attached hydrogen (secondary N) is 1. The van der Waals surface area contributed by atoms with Gasteiger partial charge in [-0.15, -0.1) is 0 Å². The highest BCUT2D eigenvalue weighted by Crippen LogP contribution is 2.29. The van der Waals surface area contributed by atoms with Crippen molar-refractivity contribution >= 4 is 28.9 Å². The monoisotopic (exact) mass is 282 g/mol. The lowest BCUT2D eigenvalue weighted by Gasteiger charge is -2.18. The van der Waals surface area contributed by atoms with Crippen molar-refractivity contribution in [3.63, 3.8) is 0 Å². The van der Waals surface area contributed by atoms with Crippen molar-refractivity contribution in [2.24, 2.45) is 5.84 Å². The second kappa shape index (κ2) is 5.54. The molecule has 1 aromatic carbocycles. The predicted octanol–water partition coefficient (Wildman–Crippen LogP) is 2.52. The highest BCUT2D eigenvalue weighted by molar-refractivity contribution is 6.34. The first-order valence-corrected chi connectivity index (χ1v) is 5.99. The molecule has 0 saturated heterocycles. The first kappa shape index (κ1) is 13.1. The second-order valence-corrected chi connectivity index (χ2v) is 4.68. The van der Waals surface area contributed by atoms with E-state index in [9.17, 15) is 0 Å². The van der Waals surface area contributed by atoms with Gasteiger partial charge in [-0.05, 0) is 29.8 Å². The van der Waals surface area contributed by atoms with Crippen molar-refractivity contribution in [1.29, 1.82) is 0 Å². The number of benzene rings is 1. The van der Waals surface area contributed by atoms with Crippen LogP contribution in [0.1, 0.15) is 17.2 Å². The highest BCUT2D eigenvalue weighted by atomic mass is 35.5. The van der Waals surface area contributed by atoms with E-state index in [0.717, 1.165) is 11.1 Å². The largest absolute Gasteiger partial charge is 0.398 e. The maximum atomic E-state index is 5.98. The van der Waals surface area contributed by atoms with Crippen molar-refractivity contribution in [1.82, 2.24) is 10.4 Å². The minimum Gasteiger partial charge on any atom is -0.398 e. The van der Waals surface area contributed by atoms with E-state index in [2.05, 4.69) is 10.4 Å². The van der Waals surface area contributed by atoms with Crippen LogP contribution in [0.3, 0.4) is 0 Å². The maximum Gasteiger partial charge on any atom is 0.0746 e. The minimum atomic E-state index is -0.310. The van der Waals surface area contributed by atoms with Crippen LogP contribution >= 0.6 is 23.2 Å². The Balaban J connectivity index is 2.48. The molecule has 0 fully saturated rings. The Hall–Kier alpha value is -1.33. The zero-order chi connectivity index (χ0) is 13.1. The molecule has 18 heavy (non-hydrogen) atoms. The average Bonchev–Trinajstić information content (AvgIpc) is 2.31. The molecule has 94 valence electrons. The van der Waals surface area contributed by atoms with Gasteiger partial charge in [-0.1, -0.05) is 23.2 Å². The fraction of sp³-hybridized carbons (Fsp3) is 0.0833. The first-order valence-electron chi connectivity index (χ1n) is 5.23. The SMILES string of the molecule is NNC(c1cc(Cl)cc(Cl)c1)c1cnccc1N. The Labute approximate surface area is 115 Å². The van der Waals surface area contributed by atoms with Crippen LogP contribution in [0.5, 0.6) is 0 Å². The topological polar surface area (TPSA) is 77.0 Å². The van der Waals surface area contributed by atoms with Gasteiger partial charge in [-0.2, -0.15) is 0 Å². The minimum absolute atomic E-state index is 0.310. The van der Waals surface area contributed by atoms with Gasteiger partial charge in [0.25, 0.3) is 0 Å². The van der Waals surface area contributed by atoms with Gasteiger partial charge in [0.2, 0.25) is 0 Å². The van der Waals surface area contributed by atoms with Gasteiger partial charge in [0.1, 0.15) is 0 Å². The molecule has 0 spiro atoms. The van der Waals surface area contributed by atoms with E-state index < -0.39 is 0 Å². The number of hydrogen-bond donors (Lipinski definition) is 3. The molecule has 0 amide bonds. The molecule has 1 aromatic heterocycles. The molecule has 0 radical (unpaired) electrons. The third-order valence-corrected chi connectivity index (χ3v) is 3.02. The Morgan fingerprint density at radius 3 is 2.39 bits per heavy atom. The Bertz CT molecular complexity index is 539. The van der Waals surface area contributed by atoms with E-state index in [1.54, 1.807) is 36.7 Å². The van der Waals surface area contributed by atoms with Crippen LogP contribution in [0.4, 0.5) is 5.69 Å². The van der Waals surface area contributed by atoms with Crippen molar-refractivity contribution < 1.29 is 0 Å². The number of nitrogen functional groups attached to an aromatic ring is 1. The van der Waals surface area contributed by atoms with Crippen LogP contribution in [0.2, 0.25) is 10.0 Å². The molecule has 6 heteroatoms. The molecule has 0 aliphatic carbocycles. The van der Waals surface area contributed by atoms with E-state index in [0.29, 0.717) is 15.7 Å². The van der Waals surface area contributed by atoms with Crippen molar-refractivity contribution in [3.8, 4) is 0 Å². The third kappa shape index (κ3) is 2.73. The fourth-order valence-electron chi connectivity index (χ4n) is 1.77. The van der Waals surface area contributed by atoms with E-state index in [1.807, 2.05) is 0 Å². The molecule has 0 saturated carbocycles. The molecule has 5 N–H and O–H groups in total. The van der Waals surface area contributed by atoms with E-state index in [4.69, 9.17) is 34.8 Å². The number of hydrogen-bond acceptors (Lipinski definition) is 4. The molecular formula is C12H12Cl2N4. The standard InChI is InChI=1S/C12H12Cl2N4/c13-8-3-7(4-9(14)5-8)12(18-16)10-6-17-2-1-11(10)15/h1-6,12,18H,16H2,(H2,15,17). The zero-order valence-corrected chi connectivity index (χ0v) is 10.9. The molecule has 0 aliphatic heterocycles. The van der Waals surface area contributed by atoms with Gasteiger partial charge >= 0.3 is 0 Å². The molecule has 1 unspecified atom stereocenters. The Morgan fingerprint density at radius 2 is 1.83 bits per heavy atom. The number of pyridine rings is 1. The van der Waals surface area contributed by atoms with Crippen LogP contribution in [0.25, 0.3) is 0 Å². The van der Waals surface area contributed by atoms with Crippen LogP contribution in [-0.4, -0.2) is 4.98 Å². The van der Waals surface area contributed by atoms with Crippen LogP contribution in [-0.2, 0) is 0 Å². The molecule has 1 atom stereocenters. The third-order valence-electron chi connectivity index (χ3n) is 2.58. The van der Waals surface area contributed by atoms with Crippen LogP contribution in [0, 0.1) is 0 Å². The van der Waals surface area contributed by atoms with Crippen LogP contribution in [0.15, 0.2) is 36.7 Å². The average molecular weight is 283 g/mol. The van der Waals surface area contributed by atoms with Gasteiger partial charge in [-0.3, -0.25) is 10.8 Å². The van der Waals surface area contributed by atoms with Gasteiger partial charge < -0.3 is 5.73 Å². The normalized spacial score (nSPS) is 12.4. The summed E-state index contributed by atoms with van der Waals surface area (Å²) in [6.45, 7) is 0. The van der Waals surface area contributed by atoms with Crippen molar-refractivity contribution in [3.05, 3.63) is 57.8 Å². The molecule has 0 aliphatic rings. The summed E-state index contributed by atoms with van der Waals surface area (Å²) in [5.74, 6) is 5.59. The predicted molar refractivity (Wildman–Crippen MR) is 74.3 cm³/mol. The van der Waals surface area contributed by atoms with Gasteiger partial charge in [0.05, 0.1) is 6.04 Å². The lowest BCUT2D eigenvalue weighted by molar-refractivity contribution is 0.636. The Morgan fingerprint density at radius 1 is 1.17 bits per heavy atom. The number of hydrazine groups is 1. The van der Waals surface area contributed by atoms with E-state index in [1.165, 1.54) is 0 Å². The van der Waals surface area contributed by atoms with E-state index >= 15 is 0 Å². The number of anilines is 1. The van der Waals surface area contributed by atoms with E-state index in [-0.39, 0.29) is 6.04 Å². The second-order valence-electron chi connectivity index (χ2n) is 3.81. The first-order chi connectivity index (χ1) is 8.61. The summed E-state index contributed by atoms with van der Waals surface area (Å²) in [7, 11) is 0. The van der Waals surface area contributed by atoms with Gasteiger partial charge in [0, 0.05) is 33.7 Å². The summed E-state index contributed by atoms with van der Waals surface area (Å²) in [6, 6.07) is 6.63. The lowest BCUT2D eigenvalue weighted by Crippen LogP contribution is -2.29. The van der Waals surface area contributed by atoms with Gasteiger partial charge in [-0.25, -0.2) is 5.43 Å². The molecule has 0 bridgehead atoms. The number of halogens is 2. The fourth-order valence-corrected chi connectivity index (χ4v) is 2.31. The molecule has 4 nitrogen and oxygen atoms in total. The van der Waals surface area contributed by atoms with Crippen molar-refractivity contribution in [2.45, 2.75) is 6.04 Å². The number of aromatic nitrogens is 1. The molecule has 1 heterocycles. The number of rotatable bonds is 3. The quantitative estimate of drug-likeness (QED) is 0.597. The van der Waals surface area contributed by atoms with Crippen LogP contribution < -0.4 is 17.0 Å². The highest BCUT2D eigenvalue weighted by Gasteiger charge is 2.16. The maximum absolute atomic E-state index is 5.98. The summed E-state index contributed by atoms with van der Waals surface area (Å²) in [4.78, 5) is 4.04. The number of nitrogens with zero attached hydrogens (tertiary/aromatic N) is 1. The lowest BCUT2D eigenvalue weighted by atomic mass is 9.99. The smallest absolute Gasteiger partial charge is 0.0746 e. The summed E-state index contributed by atoms with van der Waals surface area (Å²) in [5, 5.41) is 1.08. The molecule has 2 aromatic rings. The summed E-state index contributed by atoms with van der Waals surface area (Å²) < 4.78 is 0. The molecule has 2 rings (SSSR count). The molecular weight excluding hydrogens is 271 g/mol.